The second-order valence-corrected chi connectivity index (χ2v) is 2.61. The monoisotopic (exact) mass is 187 g/mol. The first-order valence-electron chi connectivity index (χ1n) is 4.32. The summed E-state index contributed by atoms with van der Waals surface area (Å²) in [7, 11) is 0. The molecule has 1 aromatic heterocycles. The van der Waals surface area contributed by atoms with Crippen molar-refractivity contribution in [3.63, 3.8) is 0 Å². The van der Waals surface area contributed by atoms with E-state index in [0.29, 0.717) is 11.6 Å². The predicted molar refractivity (Wildman–Crippen MR) is 59.5 cm³/mol. The van der Waals surface area contributed by atoms with Gasteiger partial charge in [-0.2, -0.15) is 0 Å². The van der Waals surface area contributed by atoms with E-state index >= 15 is 0 Å². The Morgan fingerprint density at radius 1 is 1.36 bits per heavy atom. The minimum atomic E-state index is 0.660. The summed E-state index contributed by atoms with van der Waals surface area (Å²) in [4.78, 5) is 3.01. The Kier molecular flexibility index (Phi) is 3.61. The molecule has 0 aromatic carbocycles. The van der Waals surface area contributed by atoms with Gasteiger partial charge in [0.25, 0.3) is 0 Å². The third-order valence-corrected chi connectivity index (χ3v) is 1.66. The summed E-state index contributed by atoms with van der Waals surface area (Å²) < 4.78 is 0. The van der Waals surface area contributed by atoms with E-state index in [4.69, 9.17) is 0 Å². The van der Waals surface area contributed by atoms with Gasteiger partial charge in [0, 0.05) is 5.57 Å². The fraction of sp³-hybridized carbons (Fsp3) is 0.0909. The highest BCUT2D eigenvalue weighted by Gasteiger charge is 2.01. The molecule has 0 unspecified atom stereocenters. The second-order valence-electron chi connectivity index (χ2n) is 2.61. The fourth-order valence-electron chi connectivity index (χ4n) is 0.940. The molecule has 0 atom stereocenters. The number of nitrogens with zero attached hydrogens (tertiary/aromatic N) is 2. The number of aromatic nitrogens is 3. The van der Waals surface area contributed by atoms with Crippen LogP contribution in [0.4, 0.5) is 0 Å². The van der Waals surface area contributed by atoms with Crippen LogP contribution in [0.1, 0.15) is 18.6 Å². The van der Waals surface area contributed by atoms with Crippen molar-refractivity contribution >= 4 is 11.6 Å². The van der Waals surface area contributed by atoms with Gasteiger partial charge in [0.2, 0.25) is 0 Å². The molecule has 0 aliphatic rings. The Bertz CT molecular complexity index is 383. The highest BCUT2D eigenvalue weighted by atomic mass is 15.2. The maximum atomic E-state index is 3.96. The summed E-state index contributed by atoms with van der Waals surface area (Å²) in [6.45, 7) is 9.26. The van der Waals surface area contributed by atoms with Crippen LogP contribution < -0.4 is 0 Å². The maximum absolute atomic E-state index is 3.96. The number of allylic oxidation sites excluding steroid dienone is 5. The topological polar surface area (TPSA) is 41.6 Å². The summed E-state index contributed by atoms with van der Waals surface area (Å²) in [5.41, 5.74) is 0.906. The normalized spacial score (nSPS) is 11.9. The molecule has 3 nitrogen and oxygen atoms in total. The Morgan fingerprint density at radius 2 is 2.14 bits per heavy atom. The molecule has 72 valence electrons. The minimum absolute atomic E-state index is 0.660. The first-order valence-corrected chi connectivity index (χ1v) is 4.32. The molecular formula is C11H13N3. The fourth-order valence-corrected chi connectivity index (χ4v) is 0.940. The summed E-state index contributed by atoms with van der Waals surface area (Å²) in [5, 5.41) is 7.84. The number of aromatic amines is 1. The quantitative estimate of drug-likeness (QED) is 0.736. The van der Waals surface area contributed by atoms with E-state index in [1.807, 2.05) is 25.2 Å². The number of rotatable bonds is 4. The maximum Gasteiger partial charge on any atom is 0.161 e. The number of nitrogens with one attached hydrogen (secondary N) is 1. The molecular weight excluding hydrogens is 174 g/mol. The molecule has 0 fully saturated rings. The number of hydrogen-bond donors (Lipinski definition) is 1. The van der Waals surface area contributed by atoms with Crippen molar-refractivity contribution in [2.45, 2.75) is 6.92 Å². The molecule has 1 rings (SSSR count). The standard InChI is InChI=1S/C11H13N3/c1-4-7-8-9(5-2)11-12-10(6-3)13-14-11/h4-8H,2-3H2,1H3,(H,12,13,14)/b7-4-,9-8+. The Hall–Kier alpha value is -1.90. The lowest BCUT2D eigenvalue weighted by Gasteiger charge is -1.92. The van der Waals surface area contributed by atoms with E-state index in [9.17, 15) is 0 Å². The van der Waals surface area contributed by atoms with Crippen LogP contribution in [0.15, 0.2) is 37.5 Å². The lowest BCUT2D eigenvalue weighted by atomic mass is 10.2. The van der Waals surface area contributed by atoms with Gasteiger partial charge in [-0.05, 0) is 13.0 Å². The summed E-state index contributed by atoms with van der Waals surface area (Å²) in [5.74, 6) is 1.36. The van der Waals surface area contributed by atoms with E-state index in [1.165, 1.54) is 0 Å². The van der Waals surface area contributed by atoms with Crippen molar-refractivity contribution in [2.75, 3.05) is 0 Å². The van der Waals surface area contributed by atoms with E-state index in [-0.39, 0.29) is 0 Å². The third kappa shape index (κ3) is 2.29. The Morgan fingerprint density at radius 3 is 2.64 bits per heavy atom. The SMILES string of the molecule is C=C/C(=C\C=C/C)c1nnc(C=C)[nH]1. The first kappa shape index (κ1) is 10.2. The van der Waals surface area contributed by atoms with Crippen LogP contribution >= 0.6 is 0 Å². The van der Waals surface area contributed by atoms with Gasteiger partial charge in [-0.1, -0.05) is 37.5 Å². The van der Waals surface area contributed by atoms with Gasteiger partial charge in [-0.15, -0.1) is 10.2 Å². The minimum Gasteiger partial charge on any atom is -0.321 e. The molecule has 0 amide bonds. The zero-order chi connectivity index (χ0) is 10.4. The zero-order valence-electron chi connectivity index (χ0n) is 8.20. The Labute approximate surface area is 83.6 Å². The molecule has 0 saturated carbocycles. The van der Waals surface area contributed by atoms with Gasteiger partial charge >= 0.3 is 0 Å². The van der Waals surface area contributed by atoms with Crippen LogP contribution in [0.2, 0.25) is 0 Å². The third-order valence-electron chi connectivity index (χ3n) is 1.66. The molecule has 0 aliphatic heterocycles. The molecule has 0 bridgehead atoms. The van der Waals surface area contributed by atoms with Gasteiger partial charge in [0.15, 0.2) is 11.6 Å². The molecule has 14 heavy (non-hydrogen) atoms. The van der Waals surface area contributed by atoms with Gasteiger partial charge in [-0.25, -0.2) is 0 Å². The van der Waals surface area contributed by atoms with Crippen molar-refractivity contribution < 1.29 is 0 Å². The summed E-state index contributed by atoms with van der Waals surface area (Å²) in [6.07, 6.45) is 9.13. The van der Waals surface area contributed by atoms with Gasteiger partial charge < -0.3 is 4.98 Å². The zero-order valence-corrected chi connectivity index (χ0v) is 8.20. The van der Waals surface area contributed by atoms with E-state index in [1.54, 1.807) is 12.2 Å². The molecule has 1 N–H and O–H groups in total. The predicted octanol–water partition coefficient (Wildman–Crippen LogP) is 2.59. The van der Waals surface area contributed by atoms with Crippen LogP contribution in [0, 0.1) is 0 Å². The van der Waals surface area contributed by atoms with Crippen LogP contribution in [0.3, 0.4) is 0 Å². The first-order chi connectivity index (χ1) is 6.81. The molecule has 0 aliphatic carbocycles. The van der Waals surface area contributed by atoms with Crippen molar-refractivity contribution in [1.29, 1.82) is 0 Å². The van der Waals surface area contributed by atoms with Crippen molar-refractivity contribution in [3.05, 3.63) is 49.1 Å². The molecule has 3 heteroatoms. The highest BCUT2D eigenvalue weighted by molar-refractivity contribution is 5.70. The van der Waals surface area contributed by atoms with E-state index < -0.39 is 0 Å². The number of hydrogen-bond acceptors (Lipinski definition) is 2. The summed E-state index contributed by atoms with van der Waals surface area (Å²) >= 11 is 0. The van der Waals surface area contributed by atoms with Gasteiger partial charge in [0.1, 0.15) is 0 Å². The van der Waals surface area contributed by atoms with E-state index in [0.717, 1.165) is 5.57 Å². The lowest BCUT2D eigenvalue weighted by molar-refractivity contribution is 1.07. The second kappa shape index (κ2) is 4.97. The van der Waals surface area contributed by atoms with Crippen LogP contribution in [-0.2, 0) is 0 Å². The molecule has 1 aromatic rings. The van der Waals surface area contributed by atoms with Gasteiger partial charge in [-0.3, -0.25) is 0 Å². The molecule has 0 saturated heterocycles. The Balaban J connectivity index is 3.00. The molecule has 0 spiro atoms. The number of H-pyrrole nitrogens is 1. The molecule has 0 radical (unpaired) electrons. The average Bonchev–Trinajstić information content (AvgIpc) is 2.68. The molecule has 1 heterocycles. The van der Waals surface area contributed by atoms with Crippen molar-refractivity contribution in [1.82, 2.24) is 15.2 Å². The van der Waals surface area contributed by atoms with Crippen molar-refractivity contribution in [2.24, 2.45) is 0 Å². The summed E-state index contributed by atoms with van der Waals surface area (Å²) in [6, 6.07) is 0. The highest BCUT2D eigenvalue weighted by Crippen LogP contribution is 2.10. The van der Waals surface area contributed by atoms with Gasteiger partial charge in [0.05, 0.1) is 0 Å². The van der Waals surface area contributed by atoms with Crippen LogP contribution in [0.25, 0.3) is 11.6 Å². The van der Waals surface area contributed by atoms with Crippen LogP contribution in [0.5, 0.6) is 0 Å². The average molecular weight is 187 g/mol. The lowest BCUT2D eigenvalue weighted by Crippen LogP contribution is -1.83. The smallest absolute Gasteiger partial charge is 0.161 e. The van der Waals surface area contributed by atoms with Crippen LogP contribution in [-0.4, -0.2) is 15.2 Å². The largest absolute Gasteiger partial charge is 0.321 e. The van der Waals surface area contributed by atoms with Crippen molar-refractivity contribution in [3.8, 4) is 0 Å². The van der Waals surface area contributed by atoms with E-state index in [2.05, 4.69) is 28.3 Å².